The van der Waals surface area contributed by atoms with Crippen LogP contribution in [0.3, 0.4) is 0 Å². The lowest BCUT2D eigenvalue weighted by molar-refractivity contribution is 0.141. The lowest BCUT2D eigenvalue weighted by atomic mass is 10.0. The van der Waals surface area contributed by atoms with Gasteiger partial charge in [-0.3, -0.25) is 0 Å². The number of amides is 2. The van der Waals surface area contributed by atoms with Crippen LogP contribution in [0.2, 0.25) is 5.15 Å². The van der Waals surface area contributed by atoms with Crippen molar-refractivity contribution in [2.75, 3.05) is 13.1 Å². The summed E-state index contributed by atoms with van der Waals surface area (Å²) in [6.07, 6.45) is 2.39. The van der Waals surface area contributed by atoms with Crippen LogP contribution in [-0.2, 0) is 0 Å². The molecule has 0 N–H and O–H groups in total. The molecule has 1 aromatic carbocycles. The molecule has 0 bridgehead atoms. The Labute approximate surface area is 165 Å². The first-order valence-corrected chi connectivity index (χ1v) is 9.23. The summed E-state index contributed by atoms with van der Waals surface area (Å²) in [6, 6.07) is 7.49. The fourth-order valence-corrected chi connectivity index (χ4v) is 3.57. The number of benzene rings is 1. The monoisotopic (exact) mass is 406 g/mol. The van der Waals surface area contributed by atoms with Crippen molar-refractivity contribution >= 4 is 23.8 Å². The number of pyridine rings is 1. The minimum Gasteiger partial charge on any atom is -0.472 e. The molecule has 2 aliphatic rings. The maximum absolute atomic E-state index is 13.6. The summed E-state index contributed by atoms with van der Waals surface area (Å²) < 4.78 is 32.9. The smallest absolute Gasteiger partial charge is 0.341 e. The maximum Gasteiger partial charge on any atom is 0.341 e. The normalized spacial score (nSPS) is 21.4. The van der Waals surface area contributed by atoms with Gasteiger partial charge in [0, 0.05) is 37.7 Å². The number of carbonyl (C=O) groups excluding carboxylic acids is 1. The van der Waals surface area contributed by atoms with Gasteiger partial charge >= 0.3 is 6.03 Å². The molecule has 2 amide bonds. The number of halogens is 3. The molecule has 0 unspecified atom stereocenters. The third-order valence-electron chi connectivity index (χ3n) is 4.69. The molecule has 4 rings (SSSR count). The van der Waals surface area contributed by atoms with Crippen LogP contribution in [-0.4, -0.2) is 46.3 Å². The molecule has 3 heterocycles. The molecule has 9 heteroatoms. The number of ether oxygens (including phenoxy) is 1. The molecular weight excluding hydrogens is 390 g/mol. The lowest BCUT2D eigenvalue weighted by Crippen LogP contribution is -2.40. The predicted molar refractivity (Wildman–Crippen MR) is 99.3 cm³/mol. The van der Waals surface area contributed by atoms with Gasteiger partial charge in [-0.15, -0.1) is 0 Å². The predicted octanol–water partition coefficient (Wildman–Crippen LogP) is 4.02. The van der Waals surface area contributed by atoms with Crippen LogP contribution in [0.25, 0.3) is 0 Å². The molecule has 2 aliphatic heterocycles. The average molecular weight is 407 g/mol. The first-order chi connectivity index (χ1) is 13.5. The van der Waals surface area contributed by atoms with Crippen LogP contribution < -0.4 is 4.74 Å². The Bertz CT molecular complexity index is 906. The van der Waals surface area contributed by atoms with E-state index >= 15 is 0 Å². The lowest BCUT2D eigenvalue weighted by Gasteiger charge is -2.27. The maximum atomic E-state index is 13.6. The average Bonchev–Trinajstić information content (AvgIpc) is 3.30. The first kappa shape index (κ1) is 18.6. The zero-order valence-electron chi connectivity index (χ0n) is 14.8. The topological polar surface area (TPSA) is 58.0 Å². The van der Waals surface area contributed by atoms with Crippen molar-refractivity contribution < 1.29 is 18.3 Å². The van der Waals surface area contributed by atoms with Crippen LogP contribution in [0.5, 0.6) is 5.88 Å². The van der Waals surface area contributed by atoms with Gasteiger partial charge in [-0.2, -0.15) is 5.10 Å². The molecule has 0 aliphatic carbocycles. The fraction of sp³-hybridized carbons (Fsp3) is 0.316. The van der Waals surface area contributed by atoms with E-state index in [4.69, 9.17) is 16.3 Å². The number of hydrazone groups is 1. The minimum absolute atomic E-state index is 0.216. The minimum atomic E-state index is -0.682. The second-order valence-corrected chi connectivity index (χ2v) is 7.04. The molecule has 146 valence electrons. The van der Waals surface area contributed by atoms with E-state index < -0.39 is 17.7 Å². The highest BCUT2D eigenvalue weighted by atomic mass is 35.5. The molecule has 0 spiro atoms. The Morgan fingerprint density at radius 1 is 1.21 bits per heavy atom. The van der Waals surface area contributed by atoms with Crippen LogP contribution in [0, 0.1) is 11.6 Å². The first-order valence-electron chi connectivity index (χ1n) is 8.85. The number of hydrogen-bond acceptors (Lipinski definition) is 4. The molecule has 0 saturated carbocycles. The van der Waals surface area contributed by atoms with E-state index in [-0.39, 0.29) is 12.1 Å². The largest absolute Gasteiger partial charge is 0.472 e. The van der Waals surface area contributed by atoms with Crippen molar-refractivity contribution in [1.82, 2.24) is 14.9 Å². The van der Waals surface area contributed by atoms with Crippen LogP contribution >= 0.6 is 11.6 Å². The number of urea groups is 1. The van der Waals surface area contributed by atoms with E-state index in [0.29, 0.717) is 42.5 Å². The van der Waals surface area contributed by atoms with Gasteiger partial charge in [-0.05, 0) is 23.8 Å². The highest BCUT2D eigenvalue weighted by Crippen LogP contribution is 2.31. The molecule has 6 nitrogen and oxygen atoms in total. The summed E-state index contributed by atoms with van der Waals surface area (Å²) >= 11 is 5.86. The molecule has 2 aromatic rings. The number of rotatable bonds is 3. The van der Waals surface area contributed by atoms with Gasteiger partial charge < -0.3 is 9.64 Å². The Morgan fingerprint density at radius 3 is 2.75 bits per heavy atom. The van der Waals surface area contributed by atoms with E-state index in [1.54, 1.807) is 29.3 Å². The van der Waals surface area contributed by atoms with E-state index in [2.05, 4.69) is 10.1 Å². The third kappa shape index (κ3) is 3.91. The van der Waals surface area contributed by atoms with E-state index in [1.165, 1.54) is 17.1 Å². The Morgan fingerprint density at radius 2 is 2.00 bits per heavy atom. The zero-order valence-corrected chi connectivity index (χ0v) is 15.5. The highest BCUT2D eigenvalue weighted by Gasteiger charge is 2.36. The fourth-order valence-electron chi connectivity index (χ4n) is 3.41. The summed E-state index contributed by atoms with van der Waals surface area (Å²) in [5.41, 5.74) is 0.374. The van der Waals surface area contributed by atoms with Gasteiger partial charge in [0.25, 0.3) is 0 Å². The van der Waals surface area contributed by atoms with Crippen molar-refractivity contribution in [2.45, 2.75) is 25.0 Å². The second-order valence-electron chi connectivity index (χ2n) is 6.65. The molecule has 28 heavy (non-hydrogen) atoms. The molecule has 1 aromatic heterocycles. The van der Waals surface area contributed by atoms with Crippen LogP contribution in [0.15, 0.2) is 41.5 Å². The van der Waals surface area contributed by atoms with Gasteiger partial charge in [0.05, 0.1) is 12.6 Å². The van der Waals surface area contributed by atoms with E-state index in [0.717, 1.165) is 6.07 Å². The summed E-state index contributed by atoms with van der Waals surface area (Å²) in [5.74, 6) is -0.963. The molecule has 1 fully saturated rings. The molecule has 1 saturated heterocycles. The number of aromatic nitrogens is 1. The Balaban J connectivity index is 1.43. The standard InChI is InChI=1S/C19H17ClF2N4O2/c20-17-2-1-3-18(24-17)28-15-5-7-25(11-15)19(27)26-16(4-6-23-26)12-8-13(21)10-14(22)9-12/h1-3,6,8-10,15-16H,4-5,7,11H2/t15-,16+/m1/s1. The SMILES string of the molecule is O=C(N1CC[C@@H](Oc2cccc(Cl)n2)C1)N1N=CC[C@H]1c1cc(F)cc(F)c1. The summed E-state index contributed by atoms with van der Waals surface area (Å²) in [4.78, 5) is 18.6. The number of likely N-dealkylation sites (tertiary alicyclic amines) is 1. The Hall–Kier alpha value is -2.74. The van der Waals surface area contributed by atoms with E-state index in [9.17, 15) is 13.6 Å². The van der Waals surface area contributed by atoms with Crippen molar-refractivity contribution in [1.29, 1.82) is 0 Å². The quantitative estimate of drug-likeness (QED) is 0.723. The van der Waals surface area contributed by atoms with Gasteiger partial charge in [0.15, 0.2) is 0 Å². The van der Waals surface area contributed by atoms with Gasteiger partial charge in [-0.25, -0.2) is 23.6 Å². The van der Waals surface area contributed by atoms with Crippen molar-refractivity contribution in [3.8, 4) is 5.88 Å². The van der Waals surface area contributed by atoms with Gasteiger partial charge in [0.2, 0.25) is 5.88 Å². The molecule has 0 radical (unpaired) electrons. The van der Waals surface area contributed by atoms with Crippen LogP contribution in [0.4, 0.5) is 13.6 Å². The second kappa shape index (κ2) is 7.71. The molecular formula is C19H17ClF2N4O2. The van der Waals surface area contributed by atoms with Gasteiger partial charge in [-0.1, -0.05) is 17.7 Å². The Kier molecular flexibility index (Phi) is 5.13. The molecule has 2 atom stereocenters. The summed E-state index contributed by atoms with van der Waals surface area (Å²) in [7, 11) is 0. The van der Waals surface area contributed by atoms with Crippen molar-refractivity contribution in [2.24, 2.45) is 5.10 Å². The summed E-state index contributed by atoms with van der Waals surface area (Å²) in [5, 5.41) is 5.72. The third-order valence-corrected chi connectivity index (χ3v) is 4.90. The summed E-state index contributed by atoms with van der Waals surface area (Å²) in [6.45, 7) is 0.851. The number of carbonyl (C=O) groups is 1. The number of nitrogens with zero attached hydrogens (tertiary/aromatic N) is 4. The van der Waals surface area contributed by atoms with Gasteiger partial charge in [0.1, 0.15) is 22.9 Å². The highest BCUT2D eigenvalue weighted by molar-refractivity contribution is 6.29. The van der Waals surface area contributed by atoms with Crippen molar-refractivity contribution in [3.05, 3.63) is 58.7 Å². The van der Waals surface area contributed by atoms with E-state index in [1.807, 2.05) is 0 Å². The number of hydrogen-bond donors (Lipinski definition) is 0. The zero-order chi connectivity index (χ0) is 19.7. The van der Waals surface area contributed by atoms with Crippen molar-refractivity contribution in [3.63, 3.8) is 0 Å². The van der Waals surface area contributed by atoms with Crippen LogP contribution in [0.1, 0.15) is 24.4 Å².